The van der Waals surface area contributed by atoms with Gasteiger partial charge in [-0.1, -0.05) is 29.3 Å². The van der Waals surface area contributed by atoms with E-state index in [0.717, 1.165) is 5.56 Å². The highest BCUT2D eigenvalue weighted by Gasteiger charge is 2.13. The van der Waals surface area contributed by atoms with Crippen LogP contribution in [0.1, 0.15) is 17.5 Å². The van der Waals surface area contributed by atoms with Crippen molar-refractivity contribution in [2.75, 3.05) is 19.5 Å². The van der Waals surface area contributed by atoms with Gasteiger partial charge in [-0.25, -0.2) is 5.43 Å². The van der Waals surface area contributed by atoms with Gasteiger partial charge in [0.1, 0.15) is 18.8 Å². The lowest BCUT2D eigenvalue weighted by atomic mass is 10.2. The highest BCUT2D eigenvalue weighted by Crippen LogP contribution is 2.37. The van der Waals surface area contributed by atoms with Gasteiger partial charge < -0.3 is 19.5 Å². The number of hydrogen-bond donors (Lipinski definition) is 2. The van der Waals surface area contributed by atoms with E-state index in [1.165, 1.54) is 13.3 Å². The van der Waals surface area contributed by atoms with Crippen molar-refractivity contribution in [2.45, 2.75) is 13.0 Å². The van der Waals surface area contributed by atoms with Crippen molar-refractivity contribution in [1.29, 1.82) is 0 Å². The molecule has 188 valence electrons. The van der Waals surface area contributed by atoms with E-state index in [1.54, 1.807) is 61.7 Å². The fourth-order valence-electron chi connectivity index (χ4n) is 2.99. The Labute approximate surface area is 226 Å². The van der Waals surface area contributed by atoms with Gasteiger partial charge >= 0.3 is 0 Å². The molecule has 36 heavy (non-hydrogen) atoms. The van der Waals surface area contributed by atoms with E-state index in [-0.39, 0.29) is 6.61 Å². The highest BCUT2D eigenvalue weighted by atomic mass is 79.9. The molecular formula is C25H22BrCl2N3O5. The largest absolute Gasteiger partial charge is 0.497 e. The second-order valence-electron chi connectivity index (χ2n) is 7.31. The molecule has 2 amide bonds. The summed E-state index contributed by atoms with van der Waals surface area (Å²) in [6.45, 7) is 0.201. The van der Waals surface area contributed by atoms with Crippen molar-refractivity contribution in [3.63, 3.8) is 0 Å². The van der Waals surface area contributed by atoms with Crippen LogP contribution in [-0.2, 0) is 16.2 Å². The summed E-state index contributed by atoms with van der Waals surface area (Å²) in [6.07, 6.45) is 1.03. The van der Waals surface area contributed by atoms with Crippen LogP contribution < -0.4 is 25.0 Å². The fourth-order valence-corrected chi connectivity index (χ4v) is 4.02. The average Bonchev–Trinajstić information content (AvgIpc) is 2.84. The van der Waals surface area contributed by atoms with Crippen LogP contribution in [0.2, 0.25) is 10.0 Å². The second kappa shape index (κ2) is 13.2. The molecule has 3 rings (SSSR count). The number of hydrogen-bond acceptors (Lipinski definition) is 6. The van der Waals surface area contributed by atoms with Gasteiger partial charge in [-0.3, -0.25) is 9.59 Å². The number of nitrogens with one attached hydrogen (secondary N) is 2. The Morgan fingerprint density at radius 1 is 1.00 bits per heavy atom. The molecule has 0 aliphatic heterocycles. The van der Waals surface area contributed by atoms with E-state index in [0.29, 0.717) is 43.0 Å². The van der Waals surface area contributed by atoms with E-state index in [1.807, 2.05) is 0 Å². The van der Waals surface area contributed by atoms with E-state index in [4.69, 9.17) is 37.4 Å². The smallest absolute Gasteiger partial charge is 0.249 e. The van der Waals surface area contributed by atoms with Gasteiger partial charge in [0.15, 0.2) is 11.5 Å². The maximum Gasteiger partial charge on any atom is 0.249 e. The minimum Gasteiger partial charge on any atom is -0.497 e. The van der Waals surface area contributed by atoms with Gasteiger partial charge in [0, 0.05) is 21.3 Å². The van der Waals surface area contributed by atoms with Crippen molar-refractivity contribution in [3.8, 4) is 17.2 Å². The summed E-state index contributed by atoms with van der Waals surface area (Å²) in [4.78, 5) is 24.1. The molecule has 0 aliphatic carbocycles. The number of anilines is 1. The van der Waals surface area contributed by atoms with Crippen molar-refractivity contribution >= 4 is 62.8 Å². The molecule has 0 saturated heterocycles. The third kappa shape index (κ3) is 7.87. The molecular weight excluding hydrogens is 573 g/mol. The first-order valence-electron chi connectivity index (χ1n) is 10.5. The first-order valence-corrected chi connectivity index (χ1v) is 12.0. The first kappa shape index (κ1) is 27.3. The van der Waals surface area contributed by atoms with Crippen LogP contribution >= 0.6 is 39.1 Å². The molecule has 3 aromatic rings. The molecule has 0 aromatic heterocycles. The zero-order valence-electron chi connectivity index (χ0n) is 19.3. The number of amides is 2. The highest BCUT2D eigenvalue weighted by molar-refractivity contribution is 9.10. The third-order valence-electron chi connectivity index (χ3n) is 4.74. The molecule has 0 atom stereocenters. The lowest BCUT2D eigenvalue weighted by Crippen LogP contribution is -2.24. The summed E-state index contributed by atoms with van der Waals surface area (Å²) in [5.74, 6) is 0.539. The molecule has 0 heterocycles. The van der Waals surface area contributed by atoms with Crippen LogP contribution in [0.25, 0.3) is 0 Å². The van der Waals surface area contributed by atoms with E-state index >= 15 is 0 Å². The predicted octanol–water partition coefficient (Wildman–Crippen LogP) is 5.83. The number of nitrogens with zero attached hydrogens (tertiary/aromatic N) is 1. The van der Waals surface area contributed by atoms with Crippen molar-refractivity contribution < 1.29 is 23.8 Å². The maximum atomic E-state index is 12.1. The standard InChI is InChI=1S/C25H22BrCl2N3O5/c1-34-19-7-5-18(6-8-19)30-23(32)12-24(33)31-29-13-15-9-20(26)25(22(10-15)35-2)36-14-16-3-4-17(27)11-21(16)28/h3-11,13H,12,14H2,1-2H3,(H,30,32)(H,31,33). The molecule has 0 unspecified atom stereocenters. The molecule has 0 bridgehead atoms. The minimum atomic E-state index is -0.567. The Hall–Kier alpha value is -3.27. The molecule has 11 heteroatoms. The summed E-state index contributed by atoms with van der Waals surface area (Å²) < 4.78 is 17.0. The number of hydrazone groups is 1. The molecule has 0 fully saturated rings. The van der Waals surface area contributed by atoms with Gasteiger partial charge in [0.25, 0.3) is 0 Å². The quantitative estimate of drug-likeness (QED) is 0.175. The van der Waals surface area contributed by atoms with E-state index in [9.17, 15) is 9.59 Å². The topological polar surface area (TPSA) is 98.2 Å². The van der Waals surface area contributed by atoms with Crippen LogP contribution in [0.15, 0.2) is 64.2 Å². The summed E-state index contributed by atoms with van der Waals surface area (Å²) in [5.41, 5.74) is 4.27. The van der Waals surface area contributed by atoms with Gasteiger partial charge in [-0.15, -0.1) is 0 Å². The van der Waals surface area contributed by atoms with Gasteiger partial charge in [0.05, 0.1) is 24.9 Å². The van der Waals surface area contributed by atoms with Gasteiger partial charge in [-0.05, 0) is 70.0 Å². The summed E-state index contributed by atoms with van der Waals surface area (Å²) in [6, 6.07) is 15.4. The van der Waals surface area contributed by atoms with E-state index < -0.39 is 18.2 Å². The Bertz CT molecular complexity index is 1270. The number of rotatable bonds is 10. The van der Waals surface area contributed by atoms with Gasteiger partial charge in [0.2, 0.25) is 11.8 Å². The van der Waals surface area contributed by atoms with Crippen molar-refractivity contribution in [1.82, 2.24) is 5.43 Å². The number of halogens is 3. The third-order valence-corrected chi connectivity index (χ3v) is 5.91. The zero-order chi connectivity index (χ0) is 26.1. The SMILES string of the molecule is COc1ccc(NC(=O)CC(=O)NN=Cc2cc(Br)c(OCc3ccc(Cl)cc3Cl)c(OC)c2)cc1. The van der Waals surface area contributed by atoms with Crippen molar-refractivity contribution in [2.24, 2.45) is 5.10 Å². The Morgan fingerprint density at radius 3 is 2.42 bits per heavy atom. The van der Waals surface area contributed by atoms with Crippen LogP contribution in [-0.4, -0.2) is 32.2 Å². The number of methoxy groups -OCH3 is 2. The monoisotopic (exact) mass is 593 g/mol. The van der Waals surface area contributed by atoms with Crippen LogP contribution in [0.3, 0.4) is 0 Å². The number of ether oxygens (including phenoxy) is 3. The number of carbonyl (C=O) groups excluding carboxylic acids is 2. The zero-order valence-corrected chi connectivity index (χ0v) is 22.4. The van der Waals surface area contributed by atoms with Crippen molar-refractivity contribution in [3.05, 3.63) is 80.2 Å². The van der Waals surface area contributed by atoms with Crippen LogP contribution in [0.4, 0.5) is 5.69 Å². The summed E-state index contributed by atoms with van der Waals surface area (Å²) in [5, 5.41) is 7.58. The Morgan fingerprint density at radius 2 is 1.75 bits per heavy atom. The summed E-state index contributed by atoms with van der Waals surface area (Å²) in [7, 11) is 3.06. The molecule has 3 aromatic carbocycles. The molecule has 0 aliphatic rings. The molecule has 0 spiro atoms. The second-order valence-corrected chi connectivity index (χ2v) is 9.00. The van der Waals surface area contributed by atoms with Crippen LogP contribution in [0.5, 0.6) is 17.2 Å². The van der Waals surface area contributed by atoms with Crippen LogP contribution in [0, 0.1) is 0 Å². The number of benzene rings is 3. The number of carbonyl (C=O) groups is 2. The summed E-state index contributed by atoms with van der Waals surface area (Å²) >= 11 is 15.6. The first-order chi connectivity index (χ1) is 17.3. The Balaban J connectivity index is 1.56. The minimum absolute atomic E-state index is 0.201. The normalized spacial score (nSPS) is 10.7. The lowest BCUT2D eigenvalue weighted by molar-refractivity contribution is -0.126. The van der Waals surface area contributed by atoms with Gasteiger partial charge in [-0.2, -0.15) is 5.10 Å². The average molecular weight is 595 g/mol. The molecule has 0 saturated carbocycles. The molecule has 2 N–H and O–H groups in total. The molecule has 0 radical (unpaired) electrons. The Kier molecular flexibility index (Phi) is 9.98. The lowest BCUT2D eigenvalue weighted by Gasteiger charge is -2.14. The molecule has 8 nitrogen and oxygen atoms in total. The predicted molar refractivity (Wildman–Crippen MR) is 143 cm³/mol. The maximum absolute atomic E-state index is 12.1. The van der Waals surface area contributed by atoms with E-state index in [2.05, 4.69) is 31.8 Å². The fraction of sp³-hybridized carbons (Fsp3) is 0.160.